The third kappa shape index (κ3) is 3.03. The fraction of sp³-hybridized carbons (Fsp3) is 0.125. The summed E-state index contributed by atoms with van der Waals surface area (Å²) in [7, 11) is 1.22. The van der Waals surface area contributed by atoms with Crippen LogP contribution in [0.2, 0.25) is 4.34 Å². The Morgan fingerprint density at radius 3 is 2.93 bits per heavy atom. The Bertz CT molecular complexity index is 426. The number of ether oxygens (including phenoxy) is 1. The van der Waals surface area contributed by atoms with E-state index in [1.165, 1.54) is 19.3 Å². The third-order valence-corrected chi connectivity index (χ3v) is 2.71. The van der Waals surface area contributed by atoms with Crippen LogP contribution < -0.4 is 0 Å². The van der Waals surface area contributed by atoms with Gasteiger partial charge in [0.1, 0.15) is 4.34 Å². The molecule has 0 aliphatic carbocycles. The van der Waals surface area contributed by atoms with E-state index in [0.29, 0.717) is 9.90 Å². The van der Waals surface area contributed by atoms with Crippen LogP contribution in [0.5, 0.6) is 0 Å². The number of nitro groups is 1. The van der Waals surface area contributed by atoms with Crippen LogP contribution in [0.1, 0.15) is 5.56 Å². The van der Waals surface area contributed by atoms with Gasteiger partial charge in [-0.3, -0.25) is 10.1 Å². The lowest BCUT2D eigenvalue weighted by atomic mass is 10.3. The highest BCUT2D eigenvalue weighted by molar-refractivity contribution is 7.19. The van der Waals surface area contributed by atoms with Gasteiger partial charge in [0.2, 0.25) is 0 Å². The van der Waals surface area contributed by atoms with Gasteiger partial charge < -0.3 is 4.74 Å². The van der Waals surface area contributed by atoms with Crippen molar-refractivity contribution >= 4 is 40.0 Å². The summed E-state index contributed by atoms with van der Waals surface area (Å²) < 4.78 is 4.65. The lowest BCUT2D eigenvalue weighted by Gasteiger charge is -1.89. The van der Waals surface area contributed by atoms with Crippen LogP contribution in [0.4, 0.5) is 5.00 Å². The summed E-state index contributed by atoms with van der Waals surface area (Å²) in [6, 6.07) is 1.42. The minimum absolute atomic E-state index is 0.0971. The summed E-state index contributed by atoms with van der Waals surface area (Å²) in [4.78, 5) is 20.8. The first kappa shape index (κ1) is 11.7. The van der Waals surface area contributed by atoms with Crippen LogP contribution in [0.3, 0.4) is 0 Å². The molecule has 0 unspecified atom stereocenters. The first-order chi connectivity index (χ1) is 7.04. The fourth-order valence-electron chi connectivity index (χ4n) is 0.853. The molecule has 80 valence electrons. The Hall–Kier alpha value is -1.40. The van der Waals surface area contributed by atoms with Crippen LogP contribution in [-0.4, -0.2) is 18.0 Å². The Morgan fingerprint density at radius 2 is 2.40 bits per heavy atom. The number of carbonyl (C=O) groups is 1. The SMILES string of the molecule is COC(=O)/C=C/c1cc(Cl)sc1[N+](=O)[O-]. The molecule has 1 aromatic rings. The molecule has 0 amide bonds. The summed E-state index contributed by atoms with van der Waals surface area (Å²) in [5, 5.41) is 10.5. The summed E-state index contributed by atoms with van der Waals surface area (Å²) in [5.41, 5.74) is 0.292. The van der Waals surface area contributed by atoms with Gasteiger partial charge in [-0.1, -0.05) is 22.9 Å². The molecule has 1 heterocycles. The summed E-state index contributed by atoms with van der Waals surface area (Å²) in [5.74, 6) is -0.577. The van der Waals surface area contributed by atoms with Crippen molar-refractivity contribution in [3.05, 3.63) is 32.2 Å². The molecule has 0 spiro atoms. The van der Waals surface area contributed by atoms with Crippen LogP contribution in [0.15, 0.2) is 12.1 Å². The van der Waals surface area contributed by atoms with Crippen molar-refractivity contribution in [1.82, 2.24) is 0 Å². The summed E-state index contributed by atoms with van der Waals surface area (Å²) in [6.45, 7) is 0. The number of hydrogen-bond acceptors (Lipinski definition) is 5. The second-order valence-electron chi connectivity index (χ2n) is 2.42. The number of esters is 1. The third-order valence-electron chi connectivity index (χ3n) is 1.48. The molecule has 0 saturated carbocycles. The number of hydrogen-bond donors (Lipinski definition) is 0. The molecule has 0 atom stereocenters. The average Bonchev–Trinajstić information content (AvgIpc) is 2.56. The highest BCUT2D eigenvalue weighted by Crippen LogP contribution is 2.34. The maximum atomic E-state index is 10.8. The van der Waals surface area contributed by atoms with Gasteiger partial charge in [0.05, 0.1) is 17.6 Å². The minimum atomic E-state index is -0.577. The Balaban J connectivity index is 2.98. The number of methoxy groups -OCH3 is 1. The van der Waals surface area contributed by atoms with Gasteiger partial charge in [0.15, 0.2) is 0 Å². The van der Waals surface area contributed by atoms with Crippen molar-refractivity contribution in [3.8, 4) is 0 Å². The van der Waals surface area contributed by atoms with E-state index in [1.807, 2.05) is 0 Å². The monoisotopic (exact) mass is 247 g/mol. The van der Waals surface area contributed by atoms with E-state index in [0.717, 1.165) is 17.4 Å². The highest BCUT2D eigenvalue weighted by Gasteiger charge is 2.16. The van der Waals surface area contributed by atoms with Crippen LogP contribution in [0, 0.1) is 10.1 Å². The molecular formula is C8H6ClNO4S. The molecule has 0 saturated heterocycles. The van der Waals surface area contributed by atoms with Gasteiger partial charge in [-0.05, 0) is 12.1 Å². The van der Waals surface area contributed by atoms with E-state index in [1.54, 1.807) is 0 Å². The van der Waals surface area contributed by atoms with E-state index in [2.05, 4.69) is 4.74 Å². The second kappa shape index (κ2) is 4.90. The predicted molar refractivity (Wildman–Crippen MR) is 57.0 cm³/mol. The van der Waals surface area contributed by atoms with E-state index in [4.69, 9.17) is 11.6 Å². The van der Waals surface area contributed by atoms with Crippen LogP contribution in [-0.2, 0) is 9.53 Å². The van der Waals surface area contributed by atoms with Crippen molar-refractivity contribution in [2.24, 2.45) is 0 Å². The maximum absolute atomic E-state index is 10.8. The molecule has 0 fully saturated rings. The molecule has 0 N–H and O–H groups in total. The molecule has 1 rings (SSSR count). The molecule has 7 heteroatoms. The van der Waals surface area contributed by atoms with E-state index >= 15 is 0 Å². The number of halogens is 1. The molecule has 1 aromatic heterocycles. The largest absolute Gasteiger partial charge is 0.466 e. The zero-order chi connectivity index (χ0) is 11.4. The minimum Gasteiger partial charge on any atom is -0.466 e. The number of nitrogens with zero attached hydrogens (tertiary/aromatic N) is 1. The van der Waals surface area contributed by atoms with Crippen molar-refractivity contribution in [1.29, 1.82) is 0 Å². The standard InChI is InChI=1S/C8H6ClNO4S/c1-14-7(11)3-2-5-4-6(9)15-8(5)10(12)13/h2-4H,1H3/b3-2+. The first-order valence-electron chi connectivity index (χ1n) is 3.74. The number of thiophene rings is 1. The maximum Gasteiger partial charge on any atom is 0.332 e. The summed E-state index contributed by atoms with van der Waals surface area (Å²) >= 11 is 6.47. The zero-order valence-electron chi connectivity index (χ0n) is 7.60. The zero-order valence-corrected chi connectivity index (χ0v) is 9.17. The molecule has 5 nitrogen and oxygen atoms in total. The van der Waals surface area contributed by atoms with Crippen molar-refractivity contribution in [2.75, 3.05) is 7.11 Å². The molecule has 0 bridgehead atoms. The lowest BCUT2D eigenvalue weighted by molar-refractivity contribution is -0.380. The van der Waals surface area contributed by atoms with Gasteiger partial charge >= 0.3 is 11.0 Å². The van der Waals surface area contributed by atoms with E-state index in [9.17, 15) is 14.9 Å². The first-order valence-corrected chi connectivity index (χ1v) is 4.93. The predicted octanol–water partition coefficient (Wildman–Crippen LogP) is 2.50. The molecule has 0 aromatic carbocycles. The quantitative estimate of drug-likeness (QED) is 0.356. The fourth-order valence-corrected chi connectivity index (χ4v) is 1.88. The van der Waals surface area contributed by atoms with Crippen molar-refractivity contribution < 1.29 is 14.5 Å². The van der Waals surface area contributed by atoms with Crippen LogP contribution in [0.25, 0.3) is 6.08 Å². The van der Waals surface area contributed by atoms with Gasteiger partial charge in [0.25, 0.3) is 0 Å². The average molecular weight is 248 g/mol. The van der Waals surface area contributed by atoms with Crippen molar-refractivity contribution in [3.63, 3.8) is 0 Å². The van der Waals surface area contributed by atoms with Gasteiger partial charge in [-0.2, -0.15) is 0 Å². The molecule has 15 heavy (non-hydrogen) atoms. The smallest absolute Gasteiger partial charge is 0.332 e. The van der Waals surface area contributed by atoms with Crippen molar-refractivity contribution in [2.45, 2.75) is 0 Å². The highest BCUT2D eigenvalue weighted by atomic mass is 35.5. The molecule has 0 aliphatic rings. The van der Waals surface area contributed by atoms with E-state index in [-0.39, 0.29) is 5.00 Å². The second-order valence-corrected chi connectivity index (χ2v) is 4.09. The van der Waals surface area contributed by atoms with E-state index < -0.39 is 10.9 Å². The molecule has 0 radical (unpaired) electrons. The summed E-state index contributed by atoms with van der Waals surface area (Å²) in [6.07, 6.45) is 2.40. The Morgan fingerprint density at radius 1 is 1.73 bits per heavy atom. The number of carbonyl (C=O) groups excluding carboxylic acids is 1. The molecule has 0 aliphatic heterocycles. The number of rotatable bonds is 3. The lowest BCUT2D eigenvalue weighted by Crippen LogP contribution is -1.93. The van der Waals surface area contributed by atoms with Crippen LogP contribution >= 0.6 is 22.9 Å². The van der Waals surface area contributed by atoms with Gasteiger partial charge in [-0.15, -0.1) is 0 Å². The topological polar surface area (TPSA) is 69.4 Å². The van der Waals surface area contributed by atoms with Gasteiger partial charge in [0, 0.05) is 6.08 Å². The van der Waals surface area contributed by atoms with Gasteiger partial charge in [-0.25, -0.2) is 4.79 Å². The Labute approximate surface area is 94.1 Å². The Kier molecular flexibility index (Phi) is 3.81. The molecular weight excluding hydrogens is 242 g/mol. The normalized spacial score (nSPS) is 10.5.